The first-order valence-corrected chi connectivity index (χ1v) is 15.8. The number of hydrogen-bond acceptors (Lipinski definition) is 2. The average molecular weight is 531 g/mol. The zero-order valence-corrected chi connectivity index (χ0v) is 22.2. The van der Waals surface area contributed by atoms with E-state index in [2.05, 4.69) is 55.0 Å². The fraction of sp³-hybridized carbons (Fsp3) is 0.923. The lowest BCUT2D eigenvalue weighted by Crippen LogP contribution is -2.50. The summed E-state index contributed by atoms with van der Waals surface area (Å²) < 4.78 is 5.94. The molecule has 4 rings (SSSR count). The third-order valence-electron chi connectivity index (χ3n) is 10.0. The Labute approximate surface area is 196 Å². The molecule has 3 heteroatoms. The van der Waals surface area contributed by atoms with Gasteiger partial charge in [-0.25, -0.2) is 0 Å². The summed E-state index contributed by atoms with van der Waals surface area (Å²) in [6.07, 6.45) is 20.2. The van der Waals surface area contributed by atoms with E-state index < -0.39 is 0 Å². The Hall–Kier alpha value is 0.780. The maximum absolute atomic E-state index is 5.94. The average Bonchev–Trinajstić information content (AvgIpc) is 3.02. The Kier molecular flexibility index (Phi) is 7.39. The van der Waals surface area contributed by atoms with Gasteiger partial charge in [-0.05, 0) is 98.2 Å². The van der Waals surface area contributed by atoms with E-state index in [4.69, 9.17) is 4.18 Å². The van der Waals surface area contributed by atoms with Gasteiger partial charge >= 0.3 is 0 Å². The lowest BCUT2D eigenvalue weighted by molar-refractivity contribution is -0.0483. The quantitative estimate of drug-likeness (QED) is 0.140. The molecule has 2 unspecified atom stereocenters. The van der Waals surface area contributed by atoms with Crippen molar-refractivity contribution >= 4 is 30.4 Å². The largest absolute Gasteiger partial charge is 0.302 e. The van der Waals surface area contributed by atoms with Crippen LogP contribution in [0.25, 0.3) is 0 Å². The second kappa shape index (κ2) is 9.33. The Bertz CT molecular complexity index is 604. The Balaban J connectivity index is 1.44. The van der Waals surface area contributed by atoms with E-state index in [9.17, 15) is 0 Å². The van der Waals surface area contributed by atoms with Crippen LogP contribution in [0, 0.1) is 40.4 Å². The summed E-state index contributed by atoms with van der Waals surface area (Å²) in [4.78, 5) is 0. The molecule has 29 heavy (non-hydrogen) atoms. The van der Waals surface area contributed by atoms with Gasteiger partial charge in [0.25, 0.3) is 0 Å². The molecule has 0 saturated heterocycles. The minimum atomic E-state index is 0.448. The van der Waals surface area contributed by atoms with Crippen LogP contribution < -0.4 is 0 Å². The Morgan fingerprint density at radius 3 is 2.69 bits per heavy atom. The monoisotopic (exact) mass is 530 g/mol. The molecule has 1 nitrogen and oxygen atoms in total. The summed E-state index contributed by atoms with van der Waals surface area (Å²) in [5.74, 6) is 4.76. The van der Waals surface area contributed by atoms with Gasteiger partial charge in [-0.15, -0.1) is 0 Å². The molecule has 3 fully saturated rings. The van der Waals surface area contributed by atoms with Crippen LogP contribution >= 0.6 is 30.4 Å². The zero-order valence-electron chi connectivity index (χ0n) is 19.2. The fourth-order valence-corrected chi connectivity index (χ4v) is 9.44. The van der Waals surface area contributed by atoms with E-state index in [-0.39, 0.29) is 0 Å². The molecule has 0 aliphatic heterocycles. The minimum absolute atomic E-state index is 0.448. The van der Waals surface area contributed by atoms with Crippen molar-refractivity contribution in [2.24, 2.45) is 40.4 Å². The molecule has 0 amide bonds. The second-order valence-electron chi connectivity index (χ2n) is 11.8. The van der Waals surface area contributed by atoms with Gasteiger partial charge in [-0.1, -0.05) is 58.6 Å². The first-order chi connectivity index (χ1) is 13.9. The molecule has 7 atom stereocenters. The summed E-state index contributed by atoms with van der Waals surface area (Å²) in [6.45, 7) is 10.1. The molecule has 0 radical (unpaired) electrons. The summed E-state index contributed by atoms with van der Waals surface area (Å²) in [6, 6.07) is 0. The third kappa shape index (κ3) is 4.36. The maximum Gasteiger partial charge on any atom is 0.0769 e. The third-order valence-corrected chi connectivity index (χ3v) is 11.0. The highest BCUT2D eigenvalue weighted by atomic mass is 127. The summed E-state index contributed by atoms with van der Waals surface area (Å²) in [5, 5.41) is 0. The van der Waals surface area contributed by atoms with Crippen LogP contribution in [-0.4, -0.2) is 6.10 Å². The molecule has 0 aromatic carbocycles. The van der Waals surface area contributed by atoms with Crippen molar-refractivity contribution in [2.45, 2.75) is 111 Å². The van der Waals surface area contributed by atoms with Gasteiger partial charge in [0.2, 0.25) is 0 Å². The molecule has 4 aliphatic carbocycles. The first-order valence-electron chi connectivity index (χ1n) is 12.5. The first kappa shape index (κ1) is 23.0. The predicted octanol–water partition coefficient (Wildman–Crippen LogP) is 9.17. The minimum Gasteiger partial charge on any atom is -0.302 e. The standard InChI is InChI=1S/C26H43IOS/c1-18(2)7-5-6-8-19-10-12-23-22-11-9-20-17-21(28-29-27)13-15-26(20,4)24(22)14-16-25(19,23)3/h9,18-19,21-24H,5-8,10-17H2,1-4H3/t19-,21-,22-,23?,24?,25+,26-/m0/s1. The fourth-order valence-electron chi connectivity index (χ4n) is 8.29. The topological polar surface area (TPSA) is 9.23 Å². The highest BCUT2D eigenvalue weighted by Gasteiger charge is 2.58. The molecule has 4 aliphatic rings. The lowest BCUT2D eigenvalue weighted by Gasteiger charge is -2.58. The predicted molar refractivity (Wildman–Crippen MR) is 135 cm³/mol. The lowest BCUT2D eigenvalue weighted by atomic mass is 9.47. The van der Waals surface area contributed by atoms with E-state index >= 15 is 0 Å². The van der Waals surface area contributed by atoms with Crippen molar-refractivity contribution in [1.29, 1.82) is 0 Å². The second-order valence-corrected chi connectivity index (χ2v) is 13.2. The van der Waals surface area contributed by atoms with Crippen LogP contribution in [-0.2, 0) is 4.18 Å². The Morgan fingerprint density at radius 2 is 1.93 bits per heavy atom. The number of rotatable bonds is 7. The van der Waals surface area contributed by atoms with Crippen LogP contribution in [0.5, 0.6) is 0 Å². The maximum atomic E-state index is 5.94. The molecule has 0 spiro atoms. The summed E-state index contributed by atoms with van der Waals surface area (Å²) in [5.41, 5.74) is 2.86. The number of unbranched alkanes of at least 4 members (excludes halogenated alkanes) is 1. The Morgan fingerprint density at radius 1 is 1.10 bits per heavy atom. The molecule has 3 saturated carbocycles. The molecular formula is C26H43IOS. The van der Waals surface area contributed by atoms with E-state index in [1.54, 1.807) is 5.57 Å². The highest BCUT2D eigenvalue weighted by Crippen LogP contribution is 2.66. The number of hydrogen-bond donors (Lipinski definition) is 0. The molecule has 166 valence electrons. The summed E-state index contributed by atoms with van der Waals surface area (Å²) in [7, 11) is 1.53. The smallest absolute Gasteiger partial charge is 0.0769 e. The SMILES string of the molecule is CC(C)CCCC[C@H]1CCC2[C@@H]3CC=C4C[C@@H](OSI)CC[C@]4(C)C3CC[C@@]21C. The number of halogens is 1. The van der Waals surface area contributed by atoms with E-state index in [0.717, 1.165) is 29.6 Å². The van der Waals surface area contributed by atoms with Gasteiger partial charge in [-0.2, -0.15) is 0 Å². The van der Waals surface area contributed by atoms with Gasteiger partial charge < -0.3 is 4.18 Å². The van der Waals surface area contributed by atoms with Crippen LogP contribution in [0.15, 0.2) is 11.6 Å². The molecule has 0 heterocycles. The normalized spacial score (nSPS) is 44.2. The highest BCUT2D eigenvalue weighted by molar-refractivity contribution is 14.2. The van der Waals surface area contributed by atoms with Gasteiger partial charge in [0.15, 0.2) is 0 Å². The number of allylic oxidation sites excluding steroid dienone is 1. The molecule has 0 bridgehead atoms. The molecule has 0 aromatic rings. The molecule has 0 aromatic heterocycles. The molecular weight excluding hydrogens is 487 g/mol. The van der Waals surface area contributed by atoms with Gasteiger partial charge in [0, 0.05) is 21.2 Å². The number of fused-ring (bicyclic) bond motifs is 5. The van der Waals surface area contributed by atoms with Crippen molar-refractivity contribution in [2.75, 3.05) is 0 Å². The van der Waals surface area contributed by atoms with Gasteiger partial charge in [0.05, 0.1) is 15.3 Å². The van der Waals surface area contributed by atoms with Gasteiger partial charge in [-0.3, -0.25) is 0 Å². The van der Waals surface area contributed by atoms with E-state index in [1.807, 2.05) is 0 Å². The van der Waals surface area contributed by atoms with Crippen molar-refractivity contribution in [3.8, 4) is 0 Å². The van der Waals surface area contributed by atoms with Crippen LogP contribution in [0.1, 0.15) is 105 Å². The van der Waals surface area contributed by atoms with Crippen LogP contribution in [0.3, 0.4) is 0 Å². The van der Waals surface area contributed by atoms with Crippen molar-refractivity contribution in [3.63, 3.8) is 0 Å². The summed E-state index contributed by atoms with van der Waals surface area (Å²) >= 11 is 2.28. The van der Waals surface area contributed by atoms with Crippen molar-refractivity contribution in [1.82, 2.24) is 0 Å². The van der Waals surface area contributed by atoms with Gasteiger partial charge in [0.1, 0.15) is 0 Å². The zero-order chi connectivity index (χ0) is 20.6. The molecule has 0 N–H and O–H groups in total. The van der Waals surface area contributed by atoms with Crippen molar-refractivity contribution < 1.29 is 4.18 Å². The van der Waals surface area contributed by atoms with Crippen molar-refractivity contribution in [3.05, 3.63) is 11.6 Å². The van der Waals surface area contributed by atoms with E-state index in [0.29, 0.717) is 16.9 Å². The van der Waals surface area contributed by atoms with Crippen LogP contribution in [0.2, 0.25) is 0 Å². The van der Waals surface area contributed by atoms with E-state index in [1.165, 1.54) is 86.3 Å². The van der Waals surface area contributed by atoms with Crippen LogP contribution in [0.4, 0.5) is 0 Å².